The Morgan fingerprint density at radius 1 is 1.07 bits per heavy atom. The Morgan fingerprint density at radius 3 is 2.48 bits per heavy atom. The van der Waals surface area contributed by atoms with Crippen LogP contribution in [-0.4, -0.2) is 23.0 Å². The number of fused-ring (bicyclic) bond motifs is 1. The Balaban J connectivity index is 1.69. The molecule has 29 heavy (non-hydrogen) atoms. The first-order chi connectivity index (χ1) is 13.7. The minimum atomic E-state index is -3.86. The van der Waals surface area contributed by atoms with Crippen LogP contribution in [0.4, 0.5) is 11.5 Å². The van der Waals surface area contributed by atoms with Gasteiger partial charge in [0.1, 0.15) is 5.82 Å². The van der Waals surface area contributed by atoms with Crippen LogP contribution >= 0.6 is 23.2 Å². The number of hydrogen-bond donors (Lipinski definition) is 2. The number of nitrogen functional groups attached to an aromatic ring is 1. The first kappa shape index (κ1) is 19.5. The van der Waals surface area contributed by atoms with Gasteiger partial charge < -0.3 is 5.73 Å². The number of nitrogens with zero attached hydrogens (tertiary/aromatic N) is 3. The molecule has 0 aliphatic heterocycles. The summed E-state index contributed by atoms with van der Waals surface area (Å²) in [5.74, 6) is 0.446. The highest BCUT2D eigenvalue weighted by atomic mass is 35.5. The molecule has 0 bridgehead atoms. The predicted molar refractivity (Wildman–Crippen MR) is 115 cm³/mol. The smallest absolute Gasteiger partial charge is 0.262 e. The van der Waals surface area contributed by atoms with E-state index in [1.807, 2.05) is 6.07 Å². The highest BCUT2D eigenvalue weighted by molar-refractivity contribution is 7.92. The topological polar surface area (TPSA) is 102 Å². The lowest BCUT2D eigenvalue weighted by molar-refractivity contribution is 0.601. The molecule has 0 spiro atoms. The number of aryl methyl sites for hydroxylation is 1. The standard InChI is InChI=1S/C19H15Cl2N5O2S/c1-11-6-12(16-10-23-18-4-5-24-26(18)19(16)22)2-3-17(11)25-29(27,28)15-8-13(20)7-14(21)9-15/h2-10,25H,22H2,1H3. The number of hydrogen-bond acceptors (Lipinski definition) is 5. The van der Waals surface area contributed by atoms with E-state index >= 15 is 0 Å². The zero-order valence-corrected chi connectivity index (χ0v) is 17.4. The molecule has 10 heteroatoms. The zero-order chi connectivity index (χ0) is 20.8. The SMILES string of the molecule is Cc1cc(-c2cnc3ccnn3c2N)ccc1NS(=O)(=O)c1cc(Cl)cc(Cl)c1. The molecule has 0 aliphatic rings. The first-order valence-electron chi connectivity index (χ1n) is 8.43. The van der Waals surface area contributed by atoms with Crippen molar-refractivity contribution in [1.29, 1.82) is 0 Å². The van der Waals surface area contributed by atoms with Crippen molar-refractivity contribution in [1.82, 2.24) is 14.6 Å². The van der Waals surface area contributed by atoms with Crippen LogP contribution in [0.5, 0.6) is 0 Å². The summed E-state index contributed by atoms with van der Waals surface area (Å²) >= 11 is 11.9. The van der Waals surface area contributed by atoms with E-state index in [1.165, 1.54) is 18.2 Å². The fourth-order valence-electron chi connectivity index (χ4n) is 2.95. The number of benzene rings is 2. The fourth-order valence-corrected chi connectivity index (χ4v) is 4.80. The third kappa shape index (κ3) is 3.74. The van der Waals surface area contributed by atoms with Gasteiger partial charge >= 0.3 is 0 Å². The quantitative estimate of drug-likeness (QED) is 0.482. The second-order valence-electron chi connectivity index (χ2n) is 6.40. The number of nitrogens with two attached hydrogens (primary N) is 1. The fraction of sp³-hybridized carbons (Fsp3) is 0.0526. The van der Waals surface area contributed by atoms with Crippen LogP contribution in [0.15, 0.2) is 59.8 Å². The molecule has 2 aromatic carbocycles. The van der Waals surface area contributed by atoms with Crippen LogP contribution < -0.4 is 10.5 Å². The highest BCUT2D eigenvalue weighted by Crippen LogP contribution is 2.30. The van der Waals surface area contributed by atoms with Crippen molar-refractivity contribution in [3.63, 3.8) is 0 Å². The van der Waals surface area contributed by atoms with E-state index < -0.39 is 10.0 Å². The summed E-state index contributed by atoms with van der Waals surface area (Å²) in [6, 6.07) is 11.2. The minimum absolute atomic E-state index is 0.0175. The number of aromatic nitrogens is 3. The molecule has 0 atom stereocenters. The van der Waals surface area contributed by atoms with Crippen LogP contribution in [-0.2, 0) is 10.0 Å². The van der Waals surface area contributed by atoms with Crippen LogP contribution in [0.3, 0.4) is 0 Å². The van der Waals surface area contributed by atoms with E-state index in [9.17, 15) is 8.42 Å². The number of rotatable bonds is 4. The minimum Gasteiger partial charge on any atom is -0.383 e. The highest BCUT2D eigenvalue weighted by Gasteiger charge is 2.18. The predicted octanol–water partition coefficient (Wildman–Crippen LogP) is 4.39. The lowest BCUT2D eigenvalue weighted by Crippen LogP contribution is -2.14. The van der Waals surface area contributed by atoms with Crippen molar-refractivity contribution in [3.05, 3.63) is 70.5 Å². The summed E-state index contributed by atoms with van der Waals surface area (Å²) in [5, 5.41) is 4.63. The maximum Gasteiger partial charge on any atom is 0.262 e. The molecule has 2 heterocycles. The lowest BCUT2D eigenvalue weighted by atomic mass is 10.0. The molecule has 0 fully saturated rings. The van der Waals surface area contributed by atoms with E-state index in [0.717, 1.165) is 5.56 Å². The average Bonchev–Trinajstić information content (AvgIpc) is 3.13. The van der Waals surface area contributed by atoms with Crippen LogP contribution in [0.2, 0.25) is 10.0 Å². The first-order valence-corrected chi connectivity index (χ1v) is 10.7. The Kier molecular flexibility index (Phi) is 4.85. The van der Waals surface area contributed by atoms with E-state index in [2.05, 4.69) is 14.8 Å². The molecule has 4 rings (SSSR count). The molecule has 0 saturated heterocycles. The van der Waals surface area contributed by atoms with E-state index in [-0.39, 0.29) is 14.9 Å². The Hall–Kier alpha value is -2.81. The molecule has 0 unspecified atom stereocenters. The molecule has 148 valence electrons. The van der Waals surface area contributed by atoms with Gasteiger partial charge in [0.2, 0.25) is 0 Å². The van der Waals surface area contributed by atoms with E-state index in [1.54, 1.807) is 42.0 Å². The van der Waals surface area contributed by atoms with Crippen LogP contribution in [0.1, 0.15) is 5.56 Å². The summed E-state index contributed by atoms with van der Waals surface area (Å²) in [5.41, 5.74) is 9.48. The lowest BCUT2D eigenvalue weighted by Gasteiger charge is -2.13. The molecule has 0 aliphatic carbocycles. The van der Waals surface area contributed by atoms with Gasteiger partial charge in [0, 0.05) is 27.9 Å². The van der Waals surface area contributed by atoms with Crippen molar-refractivity contribution in [3.8, 4) is 11.1 Å². The van der Waals surface area contributed by atoms with Crippen molar-refractivity contribution in [2.75, 3.05) is 10.5 Å². The largest absolute Gasteiger partial charge is 0.383 e. The van der Waals surface area contributed by atoms with Gasteiger partial charge in [-0.1, -0.05) is 29.3 Å². The average molecular weight is 448 g/mol. The van der Waals surface area contributed by atoms with Gasteiger partial charge in [-0.05, 0) is 48.4 Å². The summed E-state index contributed by atoms with van der Waals surface area (Å²) < 4.78 is 29.5. The number of halogens is 2. The summed E-state index contributed by atoms with van der Waals surface area (Å²) in [7, 11) is -3.86. The summed E-state index contributed by atoms with van der Waals surface area (Å²) in [6.45, 7) is 1.79. The van der Waals surface area contributed by atoms with Gasteiger partial charge in [-0.15, -0.1) is 0 Å². The molecule has 7 nitrogen and oxygen atoms in total. The molecule has 0 amide bonds. The van der Waals surface area contributed by atoms with Gasteiger partial charge in [-0.25, -0.2) is 13.4 Å². The maximum atomic E-state index is 12.7. The number of anilines is 2. The summed E-state index contributed by atoms with van der Waals surface area (Å²) in [4.78, 5) is 4.31. The van der Waals surface area contributed by atoms with Gasteiger partial charge in [-0.3, -0.25) is 4.72 Å². The Bertz CT molecular complexity index is 1330. The number of sulfonamides is 1. The van der Waals surface area contributed by atoms with Crippen LogP contribution in [0.25, 0.3) is 16.8 Å². The monoisotopic (exact) mass is 447 g/mol. The number of nitrogens with one attached hydrogen (secondary N) is 1. The van der Waals surface area contributed by atoms with Gasteiger partial charge in [0.05, 0.1) is 16.8 Å². The van der Waals surface area contributed by atoms with Crippen molar-refractivity contribution < 1.29 is 8.42 Å². The molecular formula is C19H15Cl2N5O2S. The molecule has 4 aromatic rings. The van der Waals surface area contributed by atoms with Gasteiger partial charge in [0.15, 0.2) is 5.65 Å². The molecule has 2 aromatic heterocycles. The summed E-state index contributed by atoms with van der Waals surface area (Å²) in [6.07, 6.45) is 3.28. The Morgan fingerprint density at radius 2 is 1.79 bits per heavy atom. The van der Waals surface area contributed by atoms with E-state index in [4.69, 9.17) is 28.9 Å². The molecule has 3 N–H and O–H groups in total. The van der Waals surface area contributed by atoms with E-state index in [0.29, 0.717) is 28.3 Å². The second kappa shape index (κ2) is 7.22. The second-order valence-corrected chi connectivity index (χ2v) is 8.95. The Labute approximate surface area is 177 Å². The normalized spacial score (nSPS) is 11.7. The van der Waals surface area contributed by atoms with Gasteiger partial charge in [-0.2, -0.15) is 9.61 Å². The van der Waals surface area contributed by atoms with Crippen molar-refractivity contribution in [2.45, 2.75) is 11.8 Å². The zero-order valence-electron chi connectivity index (χ0n) is 15.1. The molecule has 0 radical (unpaired) electrons. The maximum absolute atomic E-state index is 12.7. The molecular weight excluding hydrogens is 433 g/mol. The van der Waals surface area contributed by atoms with Gasteiger partial charge in [0.25, 0.3) is 10.0 Å². The molecule has 0 saturated carbocycles. The van der Waals surface area contributed by atoms with Crippen molar-refractivity contribution in [2.24, 2.45) is 0 Å². The third-order valence-corrected chi connectivity index (χ3v) is 6.16. The third-order valence-electron chi connectivity index (χ3n) is 4.38. The van der Waals surface area contributed by atoms with Crippen molar-refractivity contribution >= 4 is 50.4 Å². The van der Waals surface area contributed by atoms with Crippen LogP contribution in [0, 0.1) is 6.92 Å².